The third-order valence-electron chi connectivity index (χ3n) is 10.5. The monoisotopic (exact) mass is 846 g/mol. The summed E-state index contributed by atoms with van der Waals surface area (Å²) in [6, 6.07) is 37.2. The van der Waals surface area contributed by atoms with E-state index in [2.05, 4.69) is 125 Å². The maximum absolute atomic E-state index is 13.3. The van der Waals surface area contributed by atoms with E-state index in [1.807, 2.05) is 121 Å². The van der Waals surface area contributed by atoms with Gasteiger partial charge in [-0.1, -0.05) is 276 Å². The van der Waals surface area contributed by atoms with Gasteiger partial charge in [-0.05, 0) is 16.6 Å². The van der Waals surface area contributed by atoms with Crippen LogP contribution in [0, 0.1) is 0 Å². The molecule has 0 heterocycles. The zero-order valence-electron chi connectivity index (χ0n) is 38.6. The smallest absolute Gasteiger partial charge is 0.857 e. The van der Waals surface area contributed by atoms with Gasteiger partial charge in [0.25, 0.3) is 0 Å². The van der Waals surface area contributed by atoms with Crippen LogP contribution in [0.3, 0.4) is 0 Å². The standard InChI is InChI=1S/2C13H10O.2C12H27OSi.Cr/c2*14-13(11-7-3-1-4-8-11)12-9-5-2-6-10-12;2*1-10(2,3)14(13,11(4,5)6)12(7,8)9;/h2*1-10H;2*1-9H3;/q;;2*-1;+2. The Morgan fingerprint density at radius 2 is 0.439 bits per heavy atom. The van der Waals surface area contributed by atoms with Gasteiger partial charge in [0.15, 0.2) is 11.6 Å². The van der Waals surface area contributed by atoms with Crippen LogP contribution >= 0.6 is 0 Å². The predicted octanol–water partition coefficient (Wildman–Crippen LogP) is 13.2. The van der Waals surface area contributed by atoms with Gasteiger partial charge in [-0.2, -0.15) is 0 Å². The zero-order chi connectivity index (χ0) is 43.6. The average Bonchev–Trinajstić information content (AvgIpc) is 3.10. The number of hydrogen-bond acceptors (Lipinski definition) is 4. The summed E-state index contributed by atoms with van der Waals surface area (Å²) < 4.78 is 0. The molecule has 0 unspecified atom stereocenters. The van der Waals surface area contributed by atoms with Crippen LogP contribution in [-0.2, 0) is 17.4 Å². The van der Waals surface area contributed by atoms with Crippen molar-refractivity contribution in [1.82, 2.24) is 0 Å². The Kier molecular flexibility index (Phi) is 19.8. The molecule has 0 N–H and O–H groups in total. The van der Waals surface area contributed by atoms with Crippen LogP contribution in [0.25, 0.3) is 0 Å². The fourth-order valence-electron chi connectivity index (χ4n) is 9.44. The second-order valence-electron chi connectivity index (χ2n) is 21.0. The normalized spacial score (nSPS) is 12.6. The summed E-state index contributed by atoms with van der Waals surface area (Å²) >= 11 is 0. The van der Waals surface area contributed by atoms with Crippen LogP contribution in [0.1, 0.15) is 156 Å². The molecule has 0 radical (unpaired) electrons. The van der Waals surface area contributed by atoms with Crippen LogP contribution < -0.4 is 9.59 Å². The Bertz CT molecular complexity index is 1480. The van der Waals surface area contributed by atoms with Gasteiger partial charge in [0.1, 0.15) is 0 Å². The van der Waals surface area contributed by atoms with E-state index < -0.39 is 16.6 Å². The van der Waals surface area contributed by atoms with Gasteiger partial charge in [0.2, 0.25) is 0 Å². The van der Waals surface area contributed by atoms with Crippen molar-refractivity contribution < 1.29 is 36.5 Å². The minimum absolute atomic E-state index is 0. The molecule has 0 aliphatic carbocycles. The number of hydrogen-bond donors (Lipinski definition) is 0. The fraction of sp³-hybridized carbons (Fsp3) is 0.480. The molecule has 0 aromatic heterocycles. The summed E-state index contributed by atoms with van der Waals surface area (Å²) in [4.78, 5) is 50.3. The van der Waals surface area contributed by atoms with Crippen LogP contribution in [0.4, 0.5) is 0 Å². The van der Waals surface area contributed by atoms with Gasteiger partial charge < -0.3 is 9.59 Å². The van der Waals surface area contributed by atoms with Gasteiger partial charge in [0, 0.05) is 22.3 Å². The molecule has 0 fully saturated rings. The van der Waals surface area contributed by atoms with Crippen molar-refractivity contribution in [2.45, 2.75) is 155 Å². The van der Waals surface area contributed by atoms with Gasteiger partial charge >= 0.3 is 17.4 Å². The van der Waals surface area contributed by atoms with Gasteiger partial charge in [-0.3, -0.25) is 9.59 Å². The second-order valence-corrected chi connectivity index (χ2v) is 32.7. The summed E-state index contributed by atoms with van der Waals surface area (Å²) in [6.45, 7) is 38.0. The van der Waals surface area contributed by atoms with Crippen molar-refractivity contribution in [1.29, 1.82) is 0 Å². The molecule has 4 nitrogen and oxygen atoms in total. The van der Waals surface area contributed by atoms with Crippen LogP contribution in [0.2, 0.25) is 30.2 Å². The molecule has 57 heavy (non-hydrogen) atoms. The van der Waals surface area contributed by atoms with Gasteiger partial charge in [-0.15, -0.1) is 0 Å². The maximum Gasteiger partial charge on any atom is 2.00 e. The van der Waals surface area contributed by atoms with E-state index in [-0.39, 0.29) is 59.2 Å². The third-order valence-corrected chi connectivity index (χ3v) is 23.2. The van der Waals surface area contributed by atoms with Gasteiger partial charge in [-0.25, -0.2) is 0 Å². The first kappa shape index (κ1) is 54.1. The topological polar surface area (TPSA) is 80.3 Å². The molecule has 0 spiro atoms. The first-order valence-corrected chi connectivity index (χ1v) is 23.8. The van der Waals surface area contributed by atoms with Crippen LogP contribution in [-0.4, -0.2) is 28.2 Å². The van der Waals surface area contributed by atoms with Crippen molar-refractivity contribution in [3.63, 3.8) is 0 Å². The molecule has 0 amide bonds. The first-order chi connectivity index (χ1) is 25.3. The Morgan fingerprint density at radius 1 is 0.316 bits per heavy atom. The SMILES string of the molecule is CC(C)(C)[Si]([O-])(C(C)(C)C)C(C)(C)C.CC(C)(C)[Si]([O-])(C(C)(C)C)C(C)(C)C.O=C(c1ccccc1)c1ccccc1.O=C(c1ccccc1)c1ccccc1.[Cr+2]. The first-order valence-electron chi connectivity index (χ1n) is 20.0. The van der Waals surface area contributed by atoms with Crippen molar-refractivity contribution >= 4 is 28.2 Å². The number of carbonyl (C=O) groups is 2. The fourth-order valence-corrected chi connectivity index (χ4v) is 22.9. The largest absolute Gasteiger partial charge is 2.00 e. The minimum atomic E-state index is -2.60. The summed E-state index contributed by atoms with van der Waals surface area (Å²) in [5, 5.41) is -0.562. The quantitative estimate of drug-likeness (QED) is 0.151. The molecule has 312 valence electrons. The van der Waals surface area contributed by atoms with Crippen molar-refractivity contribution in [2.24, 2.45) is 0 Å². The average molecular weight is 847 g/mol. The Balaban J connectivity index is 0.000000729. The maximum atomic E-state index is 13.3. The summed E-state index contributed by atoms with van der Waals surface area (Å²) in [5.74, 6) is 0.150. The second kappa shape index (κ2) is 20.9. The molecule has 7 heteroatoms. The molecule has 0 aliphatic rings. The van der Waals surface area contributed by atoms with E-state index in [0.717, 1.165) is 22.3 Å². The summed E-state index contributed by atoms with van der Waals surface area (Å²) in [5.41, 5.74) is 2.94. The van der Waals surface area contributed by atoms with Gasteiger partial charge in [0.05, 0.1) is 0 Å². The Morgan fingerprint density at radius 3 is 0.526 bits per heavy atom. The van der Waals surface area contributed by atoms with E-state index >= 15 is 0 Å². The molecule has 4 aromatic rings. The molecule has 0 atom stereocenters. The third kappa shape index (κ3) is 14.1. The van der Waals surface area contributed by atoms with Crippen LogP contribution in [0.15, 0.2) is 121 Å². The molecular formula is C50H74CrO4Si2. The van der Waals surface area contributed by atoms with Crippen molar-refractivity contribution in [3.8, 4) is 0 Å². The Labute approximate surface area is 361 Å². The molecule has 4 aromatic carbocycles. The number of benzene rings is 4. The van der Waals surface area contributed by atoms with E-state index in [9.17, 15) is 19.2 Å². The van der Waals surface area contributed by atoms with E-state index in [4.69, 9.17) is 0 Å². The minimum Gasteiger partial charge on any atom is -0.857 e. The number of ketones is 2. The molecule has 4 rings (SSSR count). The van der Waals surface area contributed by atoms with E-state index in [0.29, 0.717) is 0 Å². The molecule has 0 saturated carbocycles. The molecule has 0 bridgehead atoms. The zero-order valence-corrected chi connectivity index (χ0v) is 41.9. The number of carbonyl (C=O) groups excluding carboxylic acids is 2. The Hall–Kier alpha value is -2.89. The molecular weight excluding hydrogens is 773 g/mol. The number of rotatable bonds is 4. The van der Waals surface area contributed by atoms with E-state index in [1.54, 1.807) is 0 Å². The van der Waals surface area contributed by atoms with Crippen LogP contribution in [0.5, 0.6) is 0 Å². The van der Waals surface area contributed by atoms with Crippen molar-refractivity contribution in [3.05, 3.63) is 144 Å². The van der Waals surface area contributed by atoms with Crippen molar-refractivity contribution in [2.75, 3.05) is 0 Å². The predicted molar refractivity (Wildman–Crippen MR) is 242 cm³/mol. The molecule has 0 saturated heterocycles. The summed E-state index contributed by atoms with van der Waals surface area (Å²) in [6.07, 6.45) is 0. The summed E-state index contributed by atoms with van der Waals surface area (Å²) in [7, 11) is -5.21. The molecule has 0 aliphatic heterocycles. The van der Waals surface area contributed by atoms with E-state index in [1.165, 1.54) is 0 Å².